The van der Waals surface area contributed by atoms with Crippen molar-refractivity contribution in [2.75, 3.05) is 35.2 Å². The number of hydrogen-bond acceptors (Lipinski definition) is 23. The van der Waals surface area contributed by atoms with Crippen molar-refractivity contribution in [3.8, 4) is 0 Å². The third kappa shape index (κ3) is 9.76. The van der Waals surface area contributed by atoms with Crippen LogP contribution in [0, 0.1) is 209 Å². The van der Waals surface area contributed by atoms with Crippen LogP contribution in [0.25, 0.3) is 0 Å². The van der Waals surface area contributed by atoms with Crippen LogP contribution in [0.1, 0.15) is 166 Å². The van der Waals surface area contributed by atoms with Crippen molar-refractivity contribution in [2.24, 2.45) is 220 Å². The number of carboxylic acids is 6. The Hall–Kier alpha value is -8.03. The zero-order valence-corrected chi connectivity index (χ0v) is 80.5. The Morgan fingerprint density at radius 2 is 0.537 bits per heavy atom. The second-order valence-corrected chi connectivity index (χ2v) is 48.4. The maximum Gasteiger partial charge on any atom is 1.00 e. The molecule has 41 nitrogen and oxygen atoms in total. The van der Waals surface area contributed by atoms with E-state index in [2.05, 4.69) is 71.8 Å². The van der Waals surface area contributed by atoms with Crippen molar-refractivity contribution in [1.82, 2.24) is 61.7 Å². The molecule has 728 valence electrons. The van der Waals surface area contributed by atoms with Gasteiger partial charge in [0.1, 0.15) is 50.1 Å². The quantitative estimate of drug-likeness (QED) is 0.0915. The number of urea groups is 6. The first-order valence-corrected chi connectivity index (χ1v) is 46.9. The molecule has 0 aromatic heterocycles. The smallest absolute Gasteiger partial charge is 0.870 e. The first kappa shape index (κ1) is 96.8. The summed E-state index contributed by atoms with van der Waals surface area (Å²) in [5.41, 5.74) is 4.72. The third-order valence-electron chi connectivity index (χ3n) is 45.4. The molecule has 0 aromatic carbocycles. The fraction of sp³-hybridized carbons (Fsp3) is 0.796. The van der Waals surface area contributed by atoms with Crippen molar-refractivity contribution >= 4 is 113 Å². The molecule has 0 aromatic rings. The minimum atomic E-state index is -1.26. The van der Waals surface area contributed by atoms with E-state index in [1.807, 2.05) is 0 Å². The molecule has 6 heterocycles. The number of amides is 18. The number of rotatable bonds is 6. The van der Waals surface area contributed by atoms with Crippen LogP contribution in [0.5, 0.6) is 0 Å². The third-order valence-corrected chi connectivity index (χ3v) is 45.4. The Balaban J connectivity index is 0.000000102. The molecule has 18 amide bonds. The first-order valence-electron chi connectivity index (χ1n) is 46.9. The van der Waals surface area contributed by atoms with Crippen molar-refractivity contribution in [3.63, 3.8) is 0 Å². The normalized spacial score (nSPS) is 55.6. The van der Waals surface area contributed by atoms with Crippen LogP contribution in [-0.4, -0.2) is 259 Å². The Morgan fingerprint density at radius 3 is 0.669 bits per heavy atom. The number of nitrogens with one attached hydrogen (secondary N) is 7. The van der Waals surface area contributed by atoms with E-state index in [0.717, 1.165) is 77.0 Å². The summed E-state index contributed by atoms with van der Waals surface area (Å²) >= 11 is 0. The van der Waals surface area contributed by atoms with Gasteiger partial charge < -0.3 is 85.0 Å². The Labute approximate surface area is 827 Å². The predicted octanol–water partition coefficient (Wildman–Crippen LogP) is -3.29. The average Bonchev–Trinajstić information content (AvgIpc) is 1.45. The summed E-state index contributed by atoms with van der Waals surface area (Å²) in [6.45, 7) is 11.4. The summed E-state index contributed by atoms with van der Waals surface area (Å²) < 4.78 is 0. The first-order chi connectivity index (χ1) is 60.7. The van der Waals surface area contributed by atoms with Gasteiger partial charge in [-0.05, 0) is 243 Å². The van der Waals surface area contributed by atoms with Crippen LogP contribution < -0.4 is 108 Å². The van der Waals surface area contributed by atoms with Crippen molar-refractivity contribution in [3.05, 3.63) is 0 Å². The second-order valence-electron chi connectivity index (χ2n) is 48.4. The van der Waals surface area contributed by atoms with Gasteiger partial charge >= 0.3 is 131 Å². The van der Waals surface area contributed by atoms with E-state index >= 15 is 0 Å². The number of carboxylic acid groups (broad SMARTS) is 6. The maximum atomic E-state index is 12.2. The van der Waals surface area contributed by atoms with Gasteiger partial charge in [-0.3, -0.25) is 92.1 Å². The largest absolute Gasteiger partial charge is 1.00 e. The van der Waals surface area contributed by atoms with E-state index in [1.165, 1.54) is 24.5 Å². The van der Waals surface area contributed by atoms with Crippen molar-refractivity contribution < 1.29 is 193 Å². The number of likely N-dealkylation sites (N-methyl/N-ethyl adjacent to an activating group) is 5. The minimum Gasteiger partial charge on any atom is -0.870 e. The summed E-state index contributed by atoms with van der Waals surface area (Å²) in [4.78, 5) is 226. The number of Topliss-reactive ketones (excluding diaryl/α,β-unsaturated/α-hetero) is 1. The summed E-state index contributed by atoms with van der Waals surface area (Å²) in [7, 11) is 7.93. The monoisotopic (exact) mass is 1910 g/mol. The molecule has 6 saturated heterocycles. The molecule has 36 aliphatic carbocycles. The molecule has 0 radical (unpaired) electrons. The molecule has 36 saturated carbocycles. The van der Waals surface area contributed by atoms with Gasteiger partial charge in [-0.15, -0.1) is 0 Å². The summed E-state index contributed by atoms with van der Waals surface area (Å²) in [6.07, 6.45) is 16.4. The van der Waals surface area contributed by atoms with Gasteiger partial charge in [0.25, 0.3) is 35.4 Å². The molecule has 42 aliphatic rings. The number of nitrogens with zero attached hydrogens (tertiary/aromatic N) is 5. The number of hydrogen-bond donors (Lipinski definition) is 15. The van der Waals surface area contributed by atoms with E-state index in [1.54, 1.807) is 35.2 Å². The van der Waals surface area contributed by atoms with E-state index in [9.17, 15) is 96.2 Å². The molecule has 44 unspecified atom stereocenters. The van der Waals surface area contributed by atoms with Crippen molar-refractivity contribution in [2.45, 2.75) is 209 Å². The van der Waals surface area contributed by atoms with Gasteiger partial charge in [0.15, 0.2) is 0 Å². The molecule has 6 spiro atoms. The van der Waals surface area contributed by atoms with Gasteiger partial charge in [-0.2, -0.15) is 0 Å². The van der Waals surface area contributed by atoms with Gasteiger partial charge in [0.05, 0.1) is 21.7 Å². The fourth-order valence-corrected chi connectivity index (χ4v) is 40.3. The van der Waals surface area contributed by atoms with Gasteiger partial charge in [-0.1, -0.05) is 49.5 Å². The predicted molar refractivity (Wildman–Crippen MR) is 451 cm³/mol. The molecule has 43 heteroatoms. The van der Waals surface area contributed by atoms with Gasteiger partial charge in [0.2, 0.25) is 0 Å². The van der Waals surface area contributed by atoms with E-state index in [4.69, 9.17) is 37.0 Å². The van der Waals surface area contributed by atoms with E-state index in [0.29, 0.717) is 154 Å². The van der Waals surface area contributed by atoms with Crippen LogP contribution in [-0.2, 0) is 62.3 Å². The molecule has 36 bridgehead atoms. The number of ketones is 1. The van der Waals surface area contributed by atoms with Crippen LogP contribution in [0.3, 0.4) is 0 Å². The molecule has 19 N–H and O–H groups in total. The number of nitrogens with two attached hydrogens (primary N) is 2. The molecule has 44 atom stereocenters. The minimum absolute atomic E-state index is 0. The SMILES string of the molecule is C.C.CN1C(=O)NC2(C1=O)C1CC3C2C3(C)C1.CN1C(=O)NC2(C1=O)C1CC3C2C3(C)C1.CN1C(=O)NC2(C1=O)C1CC3C2C3(C)C1.CN1C(=O)NC2(C1=O)C1CC3C2C3(C)C1.CN1C(=O)NC2(C1=O)C1CC3C2C3(C)C1.NC1(C(=O)O)C2CC3C1C3(C(=O)O)C2.NC1(C(=O)O)C2CC3C1C3(C(=O)O)C2.O=C1C2CC3C1C3(C(=O)O)C2.O=C1NC(=O)C2(N1)C1CC3C2C3(C(=O)O)C1.[HH].[Na+].[Na+].[OH-].[OH-]. The Morgan fingerprint density at radius 1 is 0.301 bits per heavy atom. The molecule has 42 rings (SSSR count). The molecular formula is C93H122N14Na2O27. The number of carbonyl (C=O) groups is 19. The summed E-state index contributed by atoms with van der Waals surface area (Å²) in [5, 5.41) is 74.2. The molecular weight excluding hydrogens is 1790 g/mol. The zero-order valence-electron chi connectivity index (χ0n) is 76.5. The van der Waals surface area contributed by atoms with Crippen LogP contribution in [0.15, 0.2) is 0 Å². The number of imide groups is 6. The molecule has 6 aliphatic heterocycles. The van der Waals surface area contributed by atoms with Crippen LogP contribution >= 0.6 is 0 Å². The summed E-state index contributed by atoms with van der Waals surface area (Å²) in [6, 6.07) is -1.52. The van der Waals surface area contributed by atoms with Crippen LogP contribution in [0.4, 0.5) is 28.8 Å². The Bertz CT molecular complexity index is 5240. The standard InChI is InChI=1S/5C11H14N2O2.C10H10N2O4.2C9H11NO4.C8H8O3.2CH4.2Na.2H2O.H2/c5*1-10-4-5-3-6(10)7(10)11(5)8(14)13(2)9(15)12-11;13-6-10(12-8(16)11-6)3-1-4-5(10)9(4,2-3)7(14)15;2*10-9(7(13)14)3-1-4-5(9)8(4,2-3)6(11)12;9-6-3-1-4-5(6)8(4,2-3)7(10)11;;;;;;;/h5*5-7H,3-4H2,1-2H3,(H,12,15);3-5H,1-2H2,(H,14,15)(H2,11,12,13,16);2*3-5H,1-2,10H2,(H,11,12)(H,13,14);3-5H,1-2H2,(H,10,11);2*1H4;;;2*1H2;1H/q;;;;;;;;;;;2*+1;;;/p-2. The van der Waals surface area contributed by atoms with Crippen LogP contribution in [0.2, 0.25) is 0 Å². The molecule has 42 fully saturated rings. The Kier molecular flexibility index (Phi) is 19.4. The summed E-state index contributed by atoms with van der Waals surface area (Å²) in [5.74, 6) is 1.57. The fourth-order valence-electron chi connectivity index (χ4n) is 40.3. The average molecular weight is 1910 g/mol. The topological polar surface area (TPSA) is 658 Å². The van der Waals surface area contributed by atoms with Gasteiger partial charge in [0, 0.05) is 95.8 Å². The number of aliphatic carboxylic acids is 6. The molecule has 136 heavy (non-hydrogen) atoms. The van der Waals surface area contributed by atoms with Crippen molar-refractivity contribution in [1.29, 1.82) is 0 Å². The second kappa shape index (κ2) is 27.2. The zero-order chi connectivity index (χ0) is 92.6. The number of carbonyl (C=O) groups excluding carboxylic acids is 13. The van der Waals surface area contributed by atoms with Gasteiger partial charge in [-0.25, -0.2) is 28.8 Å². The van der Waals surface area contributed by atoms with E-state index < -0.39 is 108 Å². The maximum absolute atomic E-state index is 12.2. The van der Waals surface area contributed by atoms with E-state index in [-0.39, 0.29) is 229 Å².